The first-order valence-corrected chi connectivity index (χ1v) is 8.21. The summed E-state index contributed by atoms with van der Waals surface area (Å²) in [7, 11) is 3.89. The van der Waals surface area contributed by atoms with E-state index in [4.69, 9.17) is 0 Å². The largest absolute Gasteiger partial charge is 0.356 e. The van der Waals surface area contributed by atoms with E-state index in [1.165, 1.54) is 0 Å². The van der Waals surface area contributed by atoms with Gasteiger partial charge >= 0.3 is 0 Å². The van der Waals surface area contributed by atoms with Crippen LogP contribution in [-0.2, 0) is 6.42 Å². The highest BCUT2D eigenvalue weighted by Gasteiger charge is 2.05. The van der Waals surface area contributed by atoms with Gasteiger partial charge in [-0.15, -0.1) is 30.6 Å². The van der Waals surface area contributed by atoms with Gasteiger partial charge in [0.1, 0.15) is 5.82 Å². The second-order valence-electron chi connectivity index (χ2n) is 5.63. The molecule has 0 aliphatic heterocycles. The summed E-state index contributed by atoms with van der Waals surface area (Å²) in [6.07, 6.45) is 6.03. The molecule has 0 aliphatic carbocycles. The lowest BCUT2D eigenvalue weighted by atomic mass is 10.3. The second-order valence-corrected chi connectivity index (χ2v) is 5.63. The maximum Gasteiger partial charge on any atom is 0.193 e. The number of para-hydroxylation sites is 2. The van der Waals surface area contributed by atoms with Crippen molar-refractivity contribution in [3.8, 4) is 0 Å². The Kier molecular flexibility index (Phi) is 9.44. The summed E-state index contributed by atoms with van der Waals surface area (Å²) in [5.41, 5.74) is 2.14. The van der Waals surface area contributed by atoms with Crippen LogP contribution in [0.15, 0.2) is 41.9 Å². The van der Waals surface area contributed by atoms with E-state index in [0.29, 0.717) is 0 Å². The van der Waals surface area contributed by atoms with E-state index >= 15 is 0 Å². The van der Waals surface area contributed by atoms with E-state index in [-0.39, 0.29) is 24.0 Å². The monoisotopic (exact) mass is 441 g/mol. The fraction of sp³-hybridized carbons (Fsp3) is 0.444. The number of hydrogen-bond donors (Lipinski definition) is 2. The molecule has 2 N–H and O–H groups in total. The molecule has 132 valence electrons. The highest BCUT2D eigenvalue weighted by Crippen LogP contribution is 2.11. The first-order valence-electron chi connectivity index (χ1n) is 8.21. The van der Waals surface area contributed by atoms with Crippen molar-refractivity contribution in [1.29, 1.82) is 0 Å². The zero-order valence-corrected chi connectivity index (χ0v) is 16.9. The van der Waals surface area contributed by atoms with Gasteiger partial charge in [0, 0.05) is 33.6 Å². The van der Waals surface area contributed by atoms with Crippen LogP contribution in [0.25, 0.3) is 11.0 Å². The van der Waals surface area contributed by atoms with Gasteiger partial charge in [-0.25, -0.2) is 4.98 Å². The number of benzene rings is 1. The lowest BCUT2D eigenvalue weighted by molar-refractivity contribution is 0.469. The first-order chi connectivity index (χ1) is 11.2. The number of aromatic amines is 1. The van der Waals surface area contributed by atoms with Crippen LogP contribution >= 0.6 is 24.0 Å². The third-order valence-corrected chi connectivity index (χ3v) is 3.79. The van der Waals surface area contributed by atoms with Crippen molar-refractivity contribution < 1.29 is 0 Å². The van der Waals surface area contributed by atoms with Crippen molar-refractivity contribution in [2.24, 2.45) is 4.99 Å². The van der Waals surface area contributed by atoms with Gasteiger partial charge in [-0.05, 0) is 31.4 Å². The van der Waals surface area contributed by atoms with Crippen LogP contribution in [0.5, 0.6) is 0 Å². The number of aliphatic imine (C=N–C) groups is 1. The molecule has 1 heterocycles. The van der Waals surface area contributed by atoms with E-state index in [0.717, 1.165) is 61.6 Å². The molecular formula is C18H28IN5. The number of allylic oxidation sites excluding steroid dienone is 1. The van der Waals surface area contributed by atoms with Gasteiger partial charge in [-0.1, -0.05) is 18.2 Å². The molecule has 0 aliphatic rings. The Morgan fingerprint density at radius 3 is 2.88 bits per heavy atom. The van der Waals surface area contributed by atoms with Crippen LogP contribution in [-0.4, -0.2) is 48.0 Å². The standard InChI is InChI=1S/C18H27N5.HI/c1-4-5-8-14-23(3)18(19-2)20-13-9-12-17-21-15-10-6-7-11-16(15)22-17;/h4,6-7,10-11H,1,5,8-9,12-14H2,2-3H3,(H,19,20)(H,21,22);1H. The molecule has 0 atom stereocenters. The zero-order chi connectivity index (χ0) is 16.5. The van der Waals surface area contributed by atoms with Crippen LogP contribution in [0, 0.1) is 0 Å². The molecule has 24 heavy (non-hydrogen) atoms. The number of aryl methyl sites for hydroxylation is 1. The molecule has 0 saturated heterocycles. The molecule has 0 radical (unpaired) electrons. The predicted octanol–water partition coefficient (Wildman–Crippen LogP) is 3.59. The van der Waals surface area contributed by atoms with Gasteiger partial charge in [-0.2, -0.15) is 0 Å². The minimum absolute atomic E-state index is 0. The van der Waals surface area contributed by atoms with Crippen LogP contribution in [0.4, 0.5) is 0 Å². The van der Waals surface area contributed by atoms with Gasteiger partial charge in [0.2, 0.25) is 0 Å². The number of H-pyrrole nitrogens is 1. The molecule has 1 aromatic carbocycles. The summed E-state index contributed by atoms with van der Waals surface area (Å²) < 4.78 is 0. The third kappa shape index (κ3) is 6.14. The second kappa shape index (κ2) is 11.1. The van der Waals surface area contributed by atoms with Gasteiger partial charge in [0.05, 0.1) is 11.0 Å². The molecule has 6 heteroatoms. The quantitative estimate of drug-likeness (QED) is 0.217. The predicted molar refractivity (Wildman–Crippen MR) is 113 cm³/mol. The lowest BCUT2D eigenvalue weighted by Gasteiger charge is -2.21. The van der Waals surface area contributed by atoms with Crippen LogP contribution < -0.4 is 5.32 Å². The summed E-state index contributed by atoms with van der Waals surface area (Å²) in [5.74, 6) is 1.99. The van der Waals surface area contributed by atoms with E-state index in [9.17, 15) is 0 Å². The van der Waals surface area contributed by atoms with Crippen molar-refractivity contribution in [1.82, 2.24) is 20.2 Å². The summed E-state index contributed by atoms with van der Waals surface area (Å²) in [6.45, 7) is 5.62. The summed E-state index contributed by atoms with van der Waals surface area (Å²) in [5, 5.41) is 3.41. The zero-order valence-electron chi connectivity index (χ0n) is 14.6. The number of imidazole rings is 1. The first kappa shape index (κ1) is 20.5. The number of aromatic nitrogens is 2. The molecule has 5 nitrogen and oxygen atoms in total. The maximum absolute atomic E-state index is 4.60. The number of halogens is 1. The Balaban J connectivity index is 0.00000288. The molecule has 0 fully saturated rings. The van der Waals surface area contributed by atoms with Crippen LogP contribution in [0.2, 0.25) is 0 Å². The summed E-state index contributed by atoms with van der Waals surface area (Å²) in [4.78, 5) is 14.5. The van der Waals surface area contributed by atoms with Gasteiger partial charge in [0.15, 0.2) is 5.96 Å². The Hall–Kier alpha value is -1.57. The van der Waals surface area contributed by atoms with E-state index in [1.807, 2.05) is 31.3 Å². The smallest absolute Gasteiger partial charge is 0.193 e. The fourth-order valence-electron chi connectivity index (χ4n) is 2.54. The molecule has 0 spiro atoms. The van der Waals surface area contributed by atoms with Crippen molar-refractivity contribution in [3.63, 3.8) is 0 Å². The fourth-order valence-corrected chi connectivity index (χ4v) is 2.54. The average Bonchev–Trinajstić information content (AvgIpc) is 2.97. The number of nitrogens with zero attached hydrogens (tertiary/aromatic N) is 3. The number of rotatable bonds is 8. The van der Waals surface area contributed by atoms with Crippen molar-refractivity contribution in [2.45, 2.75) is 25.7 Å². The Bertz CT molecular complexity index is 617. The third-order valence-electron chi connectivity index (χ3n) is 3.79. The van der Waals surface area contributed by atoms with E-state index < -0.39 is 0 Å². The summed E-state index contributed by atoms with van der Waals surface area (Å²) in [6, 6.07) is 8.14. The molecule has 0 unspecified atom stereocenters. The minimum Gasteiger partial charge on any atom is -0.356 e. The minimum atomic E-state index is 0. The molecule has 2 rings (SSSR count). The molecule has 1 aromatic heterocycles. The Morgan fingerprint density at radius 2 is 2.17 bits per heavy atom. The normalized spacial score (nSPS) is 11.2. The lowest BCUT2D eigenvalue weighted by Crippen LogP contribution is -2.39. The van der Waals surface area contributed by atoms with E-state index in [1.54, 1.807) is 0 Å². The number of unbranched alkanes of at least 4 members (excludes halogenated alkanes) is 1. The van der Waals surface area contributed by atoms with Gasteiger partial charge in [0.25, 0.3) is 0 Å². The molecule has 0 amide bonds. The molecule has 0 saturated carbocycles. The SMILES string of the molecule is C=CCCCN(C)C(=NC)NCCCc1nc2ccccc2[nH]1.I. The molecule has 2 aromatic rings. The summed E-state index contributed by atoms with van der Waals surface area (Å²) >= 11 is 0. The maximum atomic E-state index is 4.60. The average molecular weight is 441 g/mol. The molecule has 0 bridgehead atoms. The van der Waals surface area contributed by atoms with Gasteiger partial charge < -0.3 is 15.2 Å². The highest BCUT2D eigenvalue weighted by molar-refractivity contribution is 14.0. The topological polar surface area (TPSA) is 56.3 Å². The van der Waals surface area contributed by atoms with Gasteiger partial charge in [-0.3, -0.25) is 4.99 Å². The Labute approximate surface area is 161 Å². The number of guanidine groups is 1. The Morgan fingerprint density at radius 1 is 1.38 bits per heavy atom. The number of hydrogen-bond acceptors (Lipinski definition) is 2. The number of fused-ring (bicyclic) bond motifs is 1. The van der Waals surface area contributed by atoms with Crippen LogP contribution in [0.1, 0.15) is 25.1 Å². The highest BCUT2D eigenvalue weighted by atomic mass is 127. The van der Waals surface area contributed by atoms with E-state index in [2.05, 4.69) is 44.9 Å². The van der Waals surface area contributed by atoms with Crippen molar-refractivity contribution in [3.05, 3.63) is 42.7 Å². The van der Waals surface area contributed by atoms with Crippen molar-refractivity contribution >= 4 is 41.0 Å². The van der Waals surface area contributed by atoms with Crippen LogP contribution in [0.3, 0.4) is 0 Å². The van der Waals surface area contributed by atoms with Crippen molar-refractivity contribution in [2.75, 3.05) is 27.2 Å². The number of nitrogens with one attached hydrogen (secondary N) is 2. The molecular weight excluding hydrogens is 413 g/mol.